The lowest BCUT2D eigenvalue weighted by atomic mass is 10.0. The van der Waals surface area contributed by atoms with Gasteiger partial charge in [-0.1, -0.05) is 36.7 Å². The van der Waals surface area contributed by atoms with Crippen LogP contribution in [0.1, 0.15) is 33.6 Å². The van der Waals surface area contributed by atoms with Crippen LogP contribution >= 0.6 is 27.7 Å². The minimum absolute atomic E-state index is 0.684. The minimum Gasteiger partial charge on any atom is -0.162 e. The molecule has 68 valence electrons. The Balaban J connectivity index is 3.15. The van der Waals surface area contributed by atoms with Gasteiger partial charge < -0.3 is 0 Å². The summed E-state index contributed by atoms with van der Waals surface area (Å²) in [6.07, 6.45) is 2.68. The number of hydrogen-bond donors (Lipinski definition) is 0. The van der Waals surface area contributed by atoms with E-state index in [1.165, 1.54) is 24.3 Å². The predicted octanol–water partition coefficient (Wildman–Crippen LogP) is 3.94. The van der Waals surface area contributed by atoms with Gasteiger partial charge in [0.15, 0.2) is 0 Å². The van der Waals surface area contributed by atoms with Crippen LogP contribution in [0.4, 0.5) is 0 Å². The van der Waals surface area contributed by atoms with Gasteiger partial charge in [0.1, 0.15) is 0 Å². The third-order valence-corrected chi connectivity index (χ3v) is 2.99. The van der Waals surface area contributed by atoms with Gasteiger partial charge in [-0.25, -0.2) is 0 Å². The number of hydrogen-bond acceptors (Lipinski definition) is 1. The molecular weight excluding hydrogens is 220 g/mol. The minimum atomic E-state index is 0.684. The molecule has 0 aromatic carbocycles. The van der Waals surface area contributed by atoms with Crippen LogP contribution in [0, 0.1) is 5.92 Å². The van der Waals surface area contributed by atoms with Crippen molar-refractivity contribution < 1.29 is 0 Å². The van der Waals surface area contributed by atoms with Crippen molar-refractivity contribution in [1.82, 2.24) is 0 Å². The summed E-state index contributed by atoms with van der Waals surface area (Å²) in [5, 5.41) is 0. The Morgan fingerprint density at radius 1 is 1.36 bits per heavy atom. The van der Waals surface area contributed by atoms with Crippen molar-refractivity contribution in [3.8, 4) is 0 Å². The van der Waals surface area contributed by atoms with Crippen molar-refractivity contribution in [3.63, 3.8) is 0 Å². The first-order valence-electron chi connectivity index (χ1n) is 4.38. The number of halogens is 1. The summed E-state index contributed by atoms with van der Waals surface area (Å²) in [5.41, 5.74) is 0. The van der Waals surface area contributed by atoms with E-state index in [-0.39, 0.29) is 0 Å². The number of alkyl halides is 1. The molecule has 0 N–H and O–H groups in total. The van der Waals surface area contributed by atoms with Gasteiger partial charge in [0, 0.05) is 4.83 Å². The molecule has 0 nitrogen and oxygen atoms in total. The number of rotatable bonds is 6. The van der Waals surface area contributed by atoms with Crippen LogP contribution in [0.25, 0.3) is 0 Å². The zero-order valence-electron chi connectivity index (χ0n) is 7.77. The first kappa shape index (κ1) is 11.8. The zero-order chi connectivity index (χ0) is 8.69. The SMILES string of the molecule is CCSCCC(C)CC(C)Br. The largest absolute Gasteiger partial charge is 0.162 e. The molecule has 2 unspecified atom stereocenters. The van der Waals surface area contributed by atoms with Crippen molar-refractivity contribution in [2.75, 3.05) is 11.5 Å². The summed E-state index contributed by atoms with van der Waals surface area (Å²) in [7, 11) is 0. The molecule has 0 radical (unpaired) electrons. The molecule has 2 heteroatoms. The van der Waals surface area contributed by atoms with Crippen LogP contribution in [0.15, 0.2) is 0 Å². The van der Waals surface area contributed by atoms with Gasteiger partial charge in [-0.15, -0.1) is 0 Å². The summed E-state index contributed by atoms with van der Waals surface area (Å²) in [5.74, 6) is 3.47. The second kappa shape index (κ2) is 7.48. The molecule has 0 saturated carbocycles. The first-order valence-corrected chi connectivity index (χ1v) is 6.45. The molecule has 0 heterocycles. The van der Waals surface area contributed by atoms with E-state index in [2.05, 4.69) is 36.7 Å². The molecule has 0 rings (SSSR count). The van der Waals surface area contributed by atoms with Crippen molar-refractivity contribution >= 4 is 27.7 Å². The lowest BCUT2D eigenvalue weighted by molar-refractivity contribution is 0.523. The van der Waals surface area contributed by atoms with Gasteiger partial charge >= 0.3 is 0 Å². The Labute approximate surface area is 83.6 Å². The van der Waals surface area contributed by atoms with Crippen LogP contribution in [-0.2, 0) is 0 Å². The second-order valence-corrected chi connectivity index (χ2v) is 6.06. The summed E-state index contributed by atoms with van der Waals surface area (Å²) in [6, 6.07) is 0. The fraction of sp³-hybridized carbons (Fsp3) is 1.00. The topological polar surface area (TPSA) is 0 Å². The van der Waals surface area contributed by atoms with Crippen LogP contribution in [0.5, 0.6) is 0 Å². The standard InChI is InChI=1S/C9H19BrS/c1-4-11-6-5-8(2)7-9(3)10/h8-9H,4-7H2,1-3H3. The maximum absolute atomic E-state index is 3.58. The van der Waals surface area contributed by atoms with Gasteiger partial charge in [0.05, 0.1) is 0 Å². The van der Waals surface area contributed by atoms with Crippen molar-refractivity contribution in [2.45, 2.75) is 38.4 Å². The Hall–Kier alpha value is 0.830. The third kappa shape index (κ3) is 8.74. The van der Waals surface area contributed by atoms with E-state index in [9.17, 15) is 0 Å². The Kier molecular flexibility index (Phi) is 8.04. The van der Waals surface area contributed by atoms with E-state index < -0.39 is 0 Å². The highest BCUT2D eigenvalue weighted by atomic mass is 79.9. The van der Waals surface area contributed by atoms with Crippen LogP contribution in [0.2, 0.25) is 0 Å². The zero-order valence-corrected chi connectivity index (χ0v) is 10.2. The number of thioether (sulfide) groups is 1. The molecule has 0 aliphatic carbocycles. The average molecular weight is 239 g/mol. The van der Waals surface area contributed by atoms with Crippen LogP contribution in [-0.4, -0.2) is 16.3 Å². The quantitative estimate of drug-likeness (QED) is 0.499. The molecule has 0 aliphatic heterocycles. The Morgan fingerprint density at radius 3 is 2.45 bits per heavy atom. The van der Waals surface area contributed by atoms with Gasteiger partial charge in [-0.05, 0) is 30.3 Å². The van der Waals surface area contributed by atoms with Gasteiger partial charge in [-0.3, -0.25) is 0 Å². The molecule has 0 bridgehead atoms. The average Bonchev–Trinajstić information content (AvgIpc) is 1.86. The maximum atomic E-state index is 3.58. The van der Waals surface area contributed by atoms with Crippen molar-refractivity contribution in [1.29, 1.82) is 0 Å². The molecule has 0 aliphatic rings. The molecule has 0 spiro atoms. The third-order valence-electron chi connectivity index (χ3n) is 1.69. The molecule has 0 aromatic heterocycles. The fourth-order valence-electron chi connectivity index (χ4n) is 1.10. The first-order chi connectivity index (χ1) is 5.16. The monoisotopic (exact) mass is 238 g/mol. The highest BCUT2D eigenvalue weighted by Crippen LogP contribution is 2.17. The van der Waals surface area contributed by atoms with E-state index in [0.717, 1.165) is 5.92 Å². The smallest absolute Gasteiger partial charge is 0.0120 e. The van der Waals surface area contributed by atoms with Crippen molar-refractivity contribution in [3.05, 3.63) is 0 Å². The van der Waals surface area contributed by atoms with Gasteiger partial charge in [0.2, 0.25) is 0 Å². The fourth-order valence-corrected chi connectivity index (χ4v) is 2.60. The summed E-state index contributed by atoms with van der Waals surface area (Å²) in [6.45, 7) is 6.79. The molecule has 0 saturated heterocycles. The highest BCUT2D eigenvalue weighted by Gasteiger charge is 2.04. The molecule has 0 aromatic rings. The van der Waals surface area contributed by atoms with E-state index in [1.54, 1.807) is 0 Å². The summed E-state index contributed by atoms with van der Waals surface area (Å²) in [4.78, 5) is 0.684. The summed E-state index contributed by atoms with van der Waals surface area (Å²) < 4.78 is 0. The molecule has 0 fully saturated rings. The molecular formula is C9H19BrS. The lowest BCUT2D eigenvalue weighted by Gasteiger charge is -2.11. The van der Waals surface area contributed by atoms with E-state index in [4.69, 9.17) is 0 Å². The van der Waals surface area contributed by atoms with Crippen LogP contribution < -0.4 is 0 Å². The van der Waals surface area contributed by atoms with E-state index in [1.807, 2.05) is 11.8 Å². The predicted molar refractivity (Wildman–Crippen MR) is 59.8 cm³/mol. The van der Waals surface area contributed by atoms with Crippen molar-refractivity contribution in [2.24, 2.45) is 5.92 Å². The molecule has 0 amide bonds. The Bertz CT molecular complexity index is 83.6. The van der Waals surface area contributed by atoms with Crippen LogP contribution in [0.3, 0.4) is 0 Å². The normalized spacial score (nSPS) is 16.4. The van der Waals surface area contributed by atoms with Gasteiger partial charge in [-0.2, -0.15) is 11.8 Å². The highest BCUT2D eigenvalue weighted by molar-refractivity contribution is 9.09. The molecule has 11 heavy (non-hydrogen) atoms. The lowest BCUT2D eigenvalue weighted by Crippen LogP contribution is -2.02. The maximum Gasteiger partial charge on any atom is 0.0120 e. The van der Waals surface area contributed by atoms with E-state index in [0.29, 0.717) is 4.83 Å². The Morgan fingerprint density at radius 2 is 2.00 bits per heavy atom. The van der Waals surface area contributed by atoms with Gasteiger partial charge in [0.25, 0.3) is 0 Å². The molecule has 2 atom stereocenters. The second-order valence-electron chi connectivity index (χ2n) is 3.11. The summed E-state index contributed by atoms with van der Waals surface area (Å²) >= 11 is 5.63. The van der Waals surface area contributed by atoms with E-state index >= 15 is 0 Å².